The molecule has 0 aliphatic carbocycles. The van der Waals surface area contributed by atoms with Gasteiger partial charge in [-0.2, -0.15) is 26.3 Å². The van der Waals surface area contributed by atoms with E-state index in [0.717, 1.165) is 36.3 Å². The number of aliphatic hydroxyl groups excluding tert-OH is 1. The molecule has 2 saturated heterocycles. The first-order chi connectivity index (χ1) is 23.9. The Hall–Kier alpha value is -3.34. The molecule has 0 bridgehead atoms. The number of rotatable bonds is 5. The number of hydrogen-bond donors (Lipinski definition) is 6. The van der Waals surface area contributed by atoms with Crippen molar-refractivity contribution in [2.75, 3.05) is 60.7 Å². The topological polar surface area (TPSA) is 158 Å². The van der Waals surface area contributed by atoms with Gasteiger partial charge >= 0.3 is 12.4 Å². The van der Waals surface area contributed by atoms with E-state index in [1.54, 1.807) is 25.1 Å². The summed E-state index contributed by atoms with van der Waals surface area (Å²) in [5, 5.41) is 39.4. The number of fused-ring (bicyclic) bond motifs is 2. The highest BCUT2D eigenvalue weighted by atomic mass is 19.4. The fraction of sp³-hybridized carbons (Fsp3) is 0.667. The molecule has 6 rings (SSSR count). The van der Waals surface area contributed by atoms with Crippen LogP contribution in [-0.4, -0.2) is 94.6 Å². The van der Waals surface area contributed by atoms with Crippen LogP contribution in [0, 0.1) is 11.8 Å². The highest BCUT2D eigenvalue weighted by Gasteiger charge is 2.56. The third-order valence-corrected chi connectivity index (χ3v) is 11.2. The maximum absolute atomic E-state index is 13.0. The monoisotopic (exact) mass is 748 g/mol. The van der Waals surface area contributed by atoms with Crippen molar-refractivity contribution in [2.24, 2.45) is 11.8 Å². The number of nitrogen functional groups attached to an aromatic ring is 2. The van der Waals surface area contributed by atoms with E-state index in [0.29, 0.717) is 61.9 Å². The fourth-order valence-corrected chi connectivity index (χ4v) is 7.63. The van der Waals surface area contributed by atoms with Crippen molar-refractivity contribution >= 4 is 22.7 Å². The number of nitrogens with two attached hydrogens (primary N) is 2. The number of ether oxygens (including phenoxy) is 2. The van der Waals surface area contributed by atoms with Gasteiger partial charge in [0.25, 0.3) is 0 Å². The summed E-state index contributed by atoms with van der Waals surface area (Å²) in [5.74, 6) is -0.396. The van der Waals surface area contributed by atoms with Crippen LogP contribution in [0.3, 0.4) is 0 Å². The Morgan fingerprint density at radius 1 is 0.731 bits per heavy atom. The first-order valence-electron chi connectivity index (χ1n) is 17.5. The third-order valence-electron chi connectivity index (χ3n) is 11.2. The Morgan fingerprint density at radius 3 is 1.54 bits per heavy atom. The molecule has 0 spiro atoms. The molecular formula is C36H50F6N4O6. The van der Waals surface area contributed by atoms with Crippen molar-refractivity contribution in [3.8, 4) is 11.5 Å². The van der Waals surface area contributed by atoms with Gasteiger partial charge in [0.1, 0.15) is 23.7 Å². The van der Waals surface area contributed by atoms with Crippen LogP contribution in [-0.2, 0) is 12.8 Å². The zero-order chi connectivity index (χ0) is 38.7. The quantitative estimate of drug-likeness (QED) is 0.182. The van der Waals surface area contributed by atoms with Gasteiger partial charge in [-0.15, -0.1) is 0 Å². The highest BCUT2D eigenvalue weighted by Crippen LogP contribution is 2.45. The predicted molar refractivity (Wildman–Crippen MR) is 185 cm³/mol. The number of alkyl halides is 6. The lowest BCUT2D eigenvalue weighted by atomic mass is 9.81. The van der Waals surface area contributed by atoms with Crippen molar-refractivity contribution in [3.63, 3.8) is 0 Å². The van der Waals surface area contributed by atoms with Crippen LogP contribution in [0.2, 0.25) is 0 Å². The summed E-state index contributed by atoms with van der Waals surface area (Å²) in [4.78, 5) is 3.85. The van der Waals surface area contributed by atoms with Crippen molar-refractivity contribution in [2.45, 2.75) is 101 Å². The van der Waals surface area contributed by atoms with Crippen molar-refractivity contribution in [3.05, 3.63) is 35.4 Å². The van der Waals surface area contributed by atoms with Crippen LogP contribution in [0.4, 0.5) is 49.1 Å². The second-order valence-corrected chi connectivity index (χ2v) is 15.7. The first kappa shape index (κ1) is 39.9. The number of halogens is 6. The second-order valence-electron chi connectivity index (χ2n) is 15.7. The Balaban J connectivity index is 0.000000201. The summed E-state index contributed by atoms with van der Waals surface area (Å²) in [5.41, 5.74) is 9.52. The lowest BCUT2D eigenvalue weighted by Crippen LogP contribution is -2.52. The standard InChI is InChI=1S/2C18H25F3N2O3/c1-16(24)9-11-7-13(22)14(8-15(11)26-10-16)23-5-3-12(4-6-23)17(2,25)18(19,20)21;1-16(10-24)9-11-7-13(22)14(8-15(11)26-16)23-5-3-12(4-6-23)17(2,25)18(19,20)21/h2*7-8,12,24-25H,3-6,9-10,22H2,1-2H3. The Kier molecular flexibility index (Phi) is 10.6. The zero-order valence-electron chi connectivity index (χ0n) is 29.9. The molecule has 292 valence electrons. The summed E-state index contributed by atoms with van der Waals surface area (Å²) < 4.78 is 89.7. The van der Waals surface area contributed by atoms with Crippen molar-refractivity contribution < 1.29 is 56.2 Å². The van der Waals surface area contributed by atoms with E-state index in [9.17, 15) is 46.8 Å². The van der Waals surface area contributed by atoms with Gasteiger partial charge in [0, 0.05) is 56.7 Å². The van der Waals surface area contributed by atoms with Crippen LogP contribution in [0.15, 0.2) is 24.3 Å². The highest BCUT2D eigenvalue weighted by molar-refractivity contribution is 5.73. The van der Waals surface area contributed by atoms with Gasteiger partial charge in [-0.1, -0.05) is 0 Å². The average molecular weight is 749 g/mol. The molecule has 4 atom stereocenters. The molecular weight excluding hydrogens is 698 g/mol. The molecule has 0 saturated carbocycles. The van der Waals surface area contributed by atoms with Gasteiger partial charge in [-0.05, 0) is 82.9 Å². The average Bonchev–Trinajstić information content (AvgIpc) is 3.38. The first-order valence-corrected chi connectivity index (χ1v) is 17.5. The van der Waals surface area contributed by atoms with Gasteiger partial charge in [0.15, 0.2) is 11.2 Å². The molecule has 4 heterocycles. The Bertz CT molecular complexity index is 1600. The van der Waals surface area contributed by atoms with E-state index in [4.69, 9.17) is 20.9 Å². The normalized spacial score (nSPS) is 26.6. The molecule has 10 nitrogen and oxygen atoms in total. The van der Waals surface area contributed by atoms with Crippen LogP contribution >= 0.6 is 0 Å². The lowest BCUT2D eigenvalue weighted by Gasteiger charge is -2.41. The number of benzene rings is 2. The minimum Gasteiger partial charge on any atom is -0.490 e. The van der Waals surface area contributed by atoms with Gasteiger partial charge in [0.05, 0.1) is 35.0 Å². The number of nitrogens with zero attached hydrogens (tertiary/aromatic N) is 2. The number of anilines is 4. The molecule has 0 aromatic heterocycles. The zero-order valence-corrected chi connectivity index (χ0v) is 29.9. The molecule has 0 radical (unpaired) electrons. The minimum atomic E-state index is -4.64. The number of aliphatic hydroxyl groups is 4. The van der Waals surface area contributed by atoms with Crippen LogP contribution in [0.25, 0.3) is 0 Å². The third kappa shape index (κ3) is 7.94. The molecule has 2 fully saturated rings. The van der Waals surface area contributed by atoms with E-state index >= 15 is 0 Å². The minimum absolute atomic E-state index is 0.116. The molecule has 4 aliphatic heterocycles. The Morgan fingerprint density at radius 2 is 1.13 bits per heavy atom. The second kappa shape index (κ2) is 13.8. The Labute approximate surface area is 299 Å². The number of piperidine rings is 2. The summed E-state index contributed by atoms with van der Waals surface area (Å²) in [6.45, 7) is 6.75. The summed E-state index contributed by atoms with van der Waals surface area (Å²) in [7, 11) is 0. The predicted octanol–water partition coefficient (Wildman–Crippen LogP) is 4.97. The van der Waals surface area contributed by atoms with Crippen LogP contribution in [0.1, 0.15) is 64.5 Å². The van der Waals surface area contributed by atoms with Crippen LogP contribution < -0.4 is 30.7 Å². The molecule has 52 heavy (non-hydrogen) atoms. The SMILES string of the molecule is CC1(CO)Cc2cc(N)c(N3CCC(C(C)(O)C(F)(F)F)CC3)cc2O1.CC1(O)COc2cc(N3CCC(C(C)(O)C(F)(F)F)CC3)c(N)cc2C1. The van der Waals surface area contributed by atoms with Gasteiger partial charge < -0.3 is 51.2 Å². The fourth-order valence-electron chi connectivity index (χ4n) is 7.63. The summed E-state index contributed by atoms with van der Waals surface area (Å²) in [6, 6.07) is 7.16. The molecule has 2 aromatic carbocycles. The van der Waals surface area contributed by atoms with E-state index in [-0.39, 0.29) is 38.9 Å². The van der Waals surface area contributed by atoms with E-state index in [1.807, 2.05) is 22.8 Å². The maximum Gasteiger partial charge on any atom is 0.417 e. The van der Waals surface area contributed by atoms with Crippen molar-refractivity contribution in [1.82, 2.24) is 0 Å². The molecule has 0 amide bonds. The number of hydrogen-bond acceptors (Lipinski definition) is 10. The van der Waals surface area contributed by atoms with Gasteiger partial charge in [0.2, 0.25) is 0 Å². The molecule has 8 N–H and O–H groups in total. The van der Waals surface area contributed by atoms with Crippen LogP contribution in [0.5, 0.6) is 11.5 Å². The summed E-state index contributed by atoms with van der Waals surface area (Å²) >= 11 is 0. The van der Waals surface area contributed by atoms with E-state index < -0.39 is 46.6 Å². The summed E-state index contributed by atoms with van der Waals surface area (Å²) in [6.07, 6.45) is -7.42. The van der Waals surface area contributed by atoms with Crippen molar-refractivity contribution in [1.29, 1.82) is 0 Å². The largest absolute Gasteiger partial charge is 0.490 e. The maximum atomic E-state index is 13.0. The van der Waals surface area contributed by atoms with Gasteiger partial charge in [-0.3, -0.25) is 0 Å². The molecule has 4 aliphatic rings. The smallest absolute Gasteiger partial charge is 0.417 e. The van der Waals surface area contributed by atoms with Gasteiger partial charge in [-0.25, -0.2) is 0 Å². The lowest BCUT2D eigenvalue weighted by molar-refractivity contribution is -0.274. The van der Waals surface area contributed by atoms with E-state index in [1.165, 1.54) is 0 Å². The molecule has 2 aromatic rings. The van der Waals surface area contributed by atoms with E-state index in [2.05, 4.69) is 0 Å². The molecule has 4 unspecified atom stereocenters. The molecule has 16 heteroatoms.